The van der Waals surface area contributed by atoms with Crippen molar-refractivity contribution in [1.82, 2.24) is 15.0 Å². The SMILES string of the molecule is Cc1c(OC(F)C(F)F)ccnc1CS(=O)c1nc2ccccc2[nH]1. The molecule has 2 aromatic heterocycles. The maximum atomic E-state index is 13.1. The molecule has 3 aromatic rings. The van der Waals surface area contributed by atoms with Crippen LogP contribution >= 0.6 is 0 Å². The average Bonchev–Trinajstić information content (AvgIpc) is 3.02. The molecule has 2 unspecified atom stereocenters. The third-order valence-corrected chi connectivity index (χ3v) is 4.71. The summed E-state index contributed by atoms with van der Waals surface area (Å²) < 4.78 is 54.8. The van der Waals surface area contributed by atoms with E-state index in [9.17, 15) is 17.4 Å². The third kappa shape index (κ3) is 3.81. The van der Waals surface area contributed by atoms with E-state index < -0.39 is 23.6 Å². The molecule has 5 nitrogen and oxygen atoms in total. The highest BCUT2D eigenvalue weighted by Gasteiger charge is 2.23. The van der Waals surface area contributed by atoms with Gasteiger partial charge in [0.15, 0.2) is 5.16 Å². The van der Waals surface area contributed by atoms with Crippen LogP contribution in [0.3, 0.4) is 0 Å². The number of pyridine rings is 1. The van der Waals surface area contributed by atoms with Crippen molar-refractivity contribution in [1.29, 1.82) is 0 Å². The number of benzene rings is 1. The van der Waals surface area contributed by atoms with E-state index in [1.807, 2.05) is 18.2 Å². The molecule has 0 aliphatic carbocycles. The summed E-state index contributed by atoms with van der Waals surface area (Å²) in [4.78, 5) is 11.3. The van der Waals surface area contributed by atoms with Gasteiger partial charge in [-0.2, -0.15) is 4.39 Å². The van der Waals surface area contributed by atoms with E-state index in [-0.39, 0.29) is 16.7 Å². The molecule has 1 N–H and O–H groups in total. The van der Waals surface area contributed by atoms with Crippen molar-refractivity contribution in [2.45, 2.75) is 30.6 Å². The van der Waals surface area contributed by atoms with Gasteiger partial charge in [0.1, 0.15) is 5.75 Å². The minimum atomic E-state index is -3.25. The lowest BCUT2D eigenvalue weighted by Gasteiger charge is -2.14. The highest BCUT2D eigenvalue weighted by Crippen LogP contribution is 2.24. The Kier molecular flexibility index (Phi) is 5.03. The van der Waals surface area contributed by atoms with Gasteiger partial charge in [-0.05, 0) is 25.1 Å². The summed E-state index contributed by atoms with van der Waals surface area (Å²) in [5, 5.41) is 0.282. The second kappa shape index (κ2) is 7.22. The second-order valence-corrected chi connectivity index (χ2v) is 6.60. The number of ether oxygens (including phenoxy) is 1. The van der Waals surface area contributed by atoms with Gasteiger partial charge in [-0.15, -0.1) is 0 Å². The van der Waals surface area contributed by atoms with Crippen LogP contribution in [0.4, 0.5) is 13.2 Å². The number of aromatic nitrogens is 3. The van der Waals surface area contributed by atoms with Crippen LogP contribution in [-0.4, -0.2) is 31.9 Å². The summed E-state index contributed by atoms with van der Waals surface area (Å²) in [6, 6.07) is 8.54. The van der Waals surface area contributed by atoms with Crippen molar-refractivity contribution >= 4 is 21.8 Å². The Morgan fingerprint density at radius 2 is 2.00 bits per heavy atom. The topological polar surface area (TPSA) is 67.9 Å². The quantitative estimate of drug-likeness (QED) is 0.722. The van der Waals surface area contributed by atoms with E-state index in [4.69, 9.17) is 0 Å². The number of alkyl halides is 3. The first-order chi connectivity index (χ1) is 12.0. The molecule has 0 amide bonds. The lowest BCUT2D eigenvalue weighted by Crippen LogP contribution is -2.20. The fourth-order valence-corrected chi connectivity index (χ4v) is 3.33. The minimum Gasteiger partial charge on any atom is -0.454 e. The van der Waals surface area contributed by atoms with E-state index in [1.54, 1.807) is 13.0 Å². The summed E-state index contributed by atoms with van der Waals surface area (Å²) in [5.74, 6) is -0.0616. The molecule has 0 saturated heterocycles. The molecule has 0 bridgehead atoms. The van der Waals surface area contributed by atoms with Crippen molar-refractivity contribution in [3.63, 3.8) is 0 Å². The van der Waals surface area contributed by atoms with Gasteiger partial charge in [-0.1, -0.05) is 12.1 Å². The number of fused-ring (bicyclic) bond motifs is 1. The molecule has 0 saturated carbocycles. The summed E-state index contributed by atoms with van der Waals surface area (Å²) in [6.45, 7) is 1.55. The average molecular weight is 369 g/mol. The third-order valence-electron chi connectivity index (χ3n) is 3.55. The summed E-state index contributed by atoms with van der Waals surface area (Å²) >= 11 is 0. The summed E-state index contributed by atoms with van der Waals surface area (Å²) in [5.41, 5.74) is 2.16. The Morgan fingerprint density at radius 1 is 1.24 bits per heavy atom. The van der Waals surface area contributed by atoms with Crippen LogP contribution in [0.1, 0.15) is 11.3 Å². The molecule has 9 heteroatoms. The molecule has 2 heterocycles. The van der Waals surface area contributed by atoms with Gasteiger partial charge in [-0.3, -0.25) is 9.19 Å². The van der Waals surface area contributed by atoms with E-state index in [1.165, 1.54) is 12.3 Å². The predicted molar refractivity (Wildman–Crippen MR) is 86.7 cm³/mol. The number of aromatic amines is 1. The Morgan fingerprint density at radius 3 is 2.72 bits per heavy atom. The van der Waals surface area contributed by atoms with E-state index >= 15 is 0 Å². The van der Waals surface area contributed by atoms with Crippen LogP contribution < -0.4 is 4.74 Å². The fraction of sp³-hybridized carbons (Fsp3) is 0.250. The van der Waals surface area contributed by atoms with E-state index in [0.717, 1.165) is 5.52 Å². The molecule has 0 aliphatic rings. The monoisotopic (exact) mass is 369 g/mol. The molecule has 2 atom stereocenters. The lowest BCUT2D eigenvalue weighted by molar-refractivity contribution is -0.0672. The zero-order valence-corrected chi connectivity index (χ0v) is 13.9. The van der Waals surface area contributed by atoms with Gasteiger partial charge in [0, 0.05) is 11.8 Å². The molecule has 0 radical (unpaired) electrons. The van der Waals surface area contributed by atoms with Crippen LogP contribution in [-0.2, 0) is 16.6 Å². The summed E-state index contributed by atoms with van der Waals surface area (Å²) in [6.07, 6.45) is -4.68. The van der Waals surface area contributed by atoms with E-state index in [2.05, 4.69) is 19.7 Å². The Bertz CT molecular complexity index is 884. The molecule has 132 valence electrons. The number of para-hydroxylation sites is 2. The number of nitrogens with one attached hydrogen (secondary N) is 1. The number of imidazole rings is 1. The largest absolute Gasteiger partial charge is 0.454 e. The maximum Gasteiger partial charge on any atom is 0.304 e. The van der Waals surface area contributed by atoms with Crippen LogP contribution in [0, 0.1) is 6.92 Å². The molecular formula is C16H14F3N3O2S. The molecule has 0 spiro atoms. The summed E-state index contributed by atoms with van der Waals surface area (Å²) in [7, 11) is -1.53. The van der Waals surface area contributed by atoms with Gasteiger partial charge >= 0.3 is 6.43 Å². The first-order valence-electron chi connectivity index (χ1n) is 7.32. The zero-order chi connectivity index (χ0) is 18.0. The van der Waals surface area contributed by atoms with Gasteiger partial charge < -0.3 is 9.72 Å². The smallest absolute Gasteiger partial charge is 0.304 e. The van der Waals surface area contributed by atoms with Crippen LogP contribution in [0.5, 0.6) is 5.75 Å². The van der Waals surface area contributed by atoms with Crippen molar-refractivity contribution in [2.75, 3.05) is 0 Å². The standard InChI is InChI=1S/C16H14F3N3O2S/c1-9-12(20-7-6-13(9)24-15(19)14(17)18)8-25(23)16-21-10-4-2-3-5-11(10)22-16/h2-7,14-15H,8H2,1H3,(H,21,22). The second-order valence-electron chi connectivity index (χ2n) is 5.23. The maximum absolute atomic E-state index is 13.1. The normalized spacial score (nSPS) is 14.0. The number of nitrogens with zero attached hydrogens (tertiary/aromatic N) is 2. The van der Waals surface area contributed by atoms with Gasteiger partial charge in [0.05, 0.1) is 33.3 Å². The van der Waals surface area contributed by atoms with Gasteiger partial charge in [-0.25, -0.2) is 13.8 Å². The molecular weight excluding hydrogens is 355 g/mol. The van der Waals surface area contributed by atoms with Crippen LogP contribution in [0.2, 0.25) is 0 Å². The van der Waals surface area contributed by atoms with Crippen molar-refractivity contribution in [2.24, 2.45) is 0 Å². The number of H-pyrrole nitrogens is 1. The Hall–Kier alpha value is -2.42. The number of hydrogen-bond acceptors (Lipinski definition) is 4. The Labute approximate surface area is 143 Å². The van der Waals surface area contributed by atoms with Crippen molar-refractivity contribution < 1.29 is 22.1 Å². The first kappa shape index (κ1) is 17.4. The minimum absolute atomic E-state index is 0.00547. The number of halogens is 3. The highest BCUT2D eigenvalue weighted by molar-refractivity contribution is 7.84. The molecule has 3 rings (SSSR count). The predicted octanol–water partition coefficient (Wildman–Crippen LogP) is 3.51. The number of rotatable bonds is 6. The van der Waals surface area contributed by atoms with E-state index in [0.29, 0.717) is 16.8 Å². The van der Waals surface area contributed by atoms with Crippen LogP contribution in [0.15, 0.2) is 41.7 Å². The van der Waals surface area contributed by atoms with Crippen molar-refractivity contribution in [3.8, 4) is 5.75 Å². The fourth-order valence-electron chi connectivity index (χ4n) is 2.23. The van der Waals surface area contributed by atoms with Gasteiger partial charge in [0.2, 0.25) is 0 Å². The molecule has 1 aromatic carbocycles. The zero-order valence-electron chi connectivity index (χ0n) is 13.1. The van der Waals surface area contributed by atoms with Gasteiger partial charge in [0.25, 0.3) is 6.36 Å². The lowest BCUT2D eigenvalue weighted by atomic mass is 10.2. The number of hydrogen-bond donors (Lipinski definition) is 1. The molecule has 25 heavy (non-hydrogen) atoms. The Balaban J connectivity index is 1.81. The van der Waals surface area contributed by atoms with Crippen molar-refractivity contribution in [3.05, 3.63) is 47.8 Å². The first-order valence-corrected chi connectivity index (χ1v) is 8.64. The molecule has 0 fully saturated rings. The highest BCUT2D eigenvalue weighted by atomic mass is 32.2. The van der Waals surface area contributed by atoms with Crippen LogP contribution in [0.25, 0.3) is 11.0 Å². The molecule has 0 aliphatic heterocycles.